The molecule has 9 nitrogen and oxygen atoms in total. The van der Waals surface area contributed by atoms with Gasteiger partial charge in [-0.05, 0) is 65.2 Å². The zero-order valence-electron chi connectivity index (χ0n) is 20.7. The molecule has 0 radical (unpaired) electrons. The first kappa shape index (κ1) is 26.4. The maximum atomic E-state index is 13.2. The van der Waals surface area contributed by atoms with Crippen LogP contribution in [0.1, 0.15) is 57.3 Å². The molecule has 1 aromatic rings. The van der Waals surface area contributed by atoms with Crippen molar-refractivity contribution in [3.8, 4) is 0 Å². The van der Waals surface area contributed by atoms with E-state index < -0.39 is 22.6 Å². The fraction of sp³-hybridized carbons (Fsp3) is 0.667. The number of anilines is 1. The molecule has 2 fully saturated rings. The van der Waals surface area contributed by atoms with Gasteiger partial charge in [-0.1, -0.05) is 0 Å². The quantitative estimate of drug-likeness (QED) is 0.511. The lowest BCUT2D eigenvalue weighted by atomic mass is 10.1. The van der Waals surface area contributed by atoms with Crippen LogP contribution in [0.25, 0.3) is 0 Å². The van der Waals surface area contributed by atoms with Crippen LogP contribution >= 0.6 is 0 Å². The summed E-state index contributed by atoms with van der Waals surface area (Å²) in [7, 11) is -3.78. The Bertz CT molecular complexity index is 959. The number of hydrogen-bond donors (Lipinski definition) is 0. The van der Waals surface area contributed by atoms with E-state index in [1.807, 2.05) is 27.7 Å². The Labute approximate surface area is 203 Å². The van der Waals surface area contributed by atoms with Gasteiger partial charge in [0.1, 0.15) is 0 Å². The van der Waals surface area contributed by atoms with Gasteiger partial charge in [-0.15, -0.1) is 0 Å². The van der Waals surface area contributed by atoms with Crippen molar-refractivity contribution in [2.24, 2.45) is 0 Å². The highest BCUT2D eigenvalue weighted by Crippen LogP contribution is 2.29. The maximum absolute atomic E-state index is 13.2. The average Bonchev–Trinajstić information content (AvgIpc) is 2.82. The number of nitrogens with zero attached hydrogens (tertiary/aromatic N) is 3. The molecule has 2 saturated heterocycles. The number of sulfonamides is 1. The van der Waals surface area contributed by atoms with E-state index in [1.54, 1.807) is 17.0 Å². The van der Waals surface area contributed by atoms with Crippen molar-refractivity contribution in [3.05, 3.63) is 23.8 Å². The van der Waals surface area contributed by atoms with Crippen molar-refractivity contribution >= 4 is 27.6 Å². The number of carbonyl (C=O) groups excluding carboxylic acids is 2. The van der Waals surface area contributed by atoms with E-state index in [0.717, 1.165) is 32.4 Å². The second-order valence-corrected chi connectivity index (χ2v) is 11.2. The minimum Gasteiger partial charge on any atom is -0.452 e. The lowest BCUT2D eigenvalue weighted by molar-refractivity contribution is -0.138. The van der Waals surface area contributed by atoms with Gasteiger partial charge in [0, 0.05) is 38.3 Å². The number of esters is 1. The molecule has 2 heterocycles. The molecule has 0 spiro atoms. The largest absolute Gasteiger partial charge is 0.452 e. The molecule has 0 N–H and O–H groups in total. The highest BCUT2D eigenvalue weighted by atomic mass is 32.2. The van der Waals surface area contributed by atoms with Crippen molar-refractivity contribution in [2.45, 2.75) is 63.9 Å². The molecule has 0 saturated carbocycles. The number of carbonyl (C=O) groups is 2. The molecule has 0 bridgehead atoms. The van der Waals surface area contributed by atoms with Crippen molar-refractivity contribution in [2.75, 3.05) is 50.9 Å². The van der Waals surface area contributed by atoms with Gasteiger partial charge < -0.3 is 19.3 Å². The zero-order valence-corrected chi connectivity index (χ0v) is 21.5. The smallest absolute Gasteiger partial charge is 0.340 e. The Hall–Kier alpha value is -2.17. The number of hydrogen-bond acceptors (Lipinski definition) is 7. The van der Waals surface area contributed by atoms with Gasteiger partial charge in [0.25, 0.3) is 5.91 Å². The summed E-state index contributed by atoms with van der Waals surface area (Å²) in [5.41, 5.74) is 0.812. The van der Waals surface area contributed by atoms with Gasteiger partial charge in [-0.3, -0.25) is 4.79 Å². The molecule has 34 heavy (non-hydrogen) atoms. The predicted octanol–water partition coefficient (Wildman–Crippen LogP) is 2.50. The summed E-state index contributed by atoms with van der Waals surface area (Å²) in [6, 6.07) is 4.57. The zero-order chi connectivity index (χ0) is 24.9. The van der Waals surface area contributed by atoms with Crippen molar-refractivity contribution in [1.29, 1.82) is 0 Å². The van der Waals surface area contributed by atoms with E-state index in [0.29, 0.717) is 18.9 Å². The Morgan fingerprint density at radius 3 is 2.21 bits per heavy atom. The minimum absolute atomic E-state index is 0.0305. The summed E-state index contributed by atoms with van der Waals surface area (Å²) < 4.78 is 38.5. The highest BCUT2D eigenvalue weighted by molar-refractivity contribution is 7.89. The third kappa shape index (κ3) is 6.09. The lowest BCUT2D eigenvalue weighted by Gasteiger charge is -2.31. The molecule has 1 amide bonds. The Balaban J connectivity index is 1.88. The molecule has 2 aliphatic heterocycles. The molecular formula is C24H37N3O6S. The van der Waals surface area contributed by atoms with Crippen LogP contribution in [-0.4, -0.2) is 87.6 Å². The minimum atomic E-state index is -3.78. The summed E-state index contributed by atoms with van der Waals surface area (Å²) in [4.78, 5) is 29.7. The van der Waals surface area contributed by atoms with Crippen molar-refractivity contribution < 1.29 is 27.5 Å². The van der Waals surface area contributed by atoms with Gasteiger partial charge >= 0.3 is 5.97 Å². The SMILES string of the molecule is CC(C)N(C(=O)COC(=O)c1cc(S(=O)(=O)N2CCOCC2)ccc1N1CCCCC1)C(C)C. The Morgan fingerprint density at radius 2 is 1.62 bits per heavy atom. The van der Waals surface area contributed by atoms with Gasteiger partial charge in [-0.2, -0.15) is 4.31 Å². The van der Waals surface area contributed by atoms with Crippen LogP contribution in [0.5, 0.6) is 0 Å². The summed E-state index contributed by atoms with van der Waals surface area (Å²) in [6.07, 6.45) is 3.12. The molecule has 190 valence electrons. The van der Waals surface area contributed by atoms with Gasteiger partial charge in [-0.25, -0.2) is 13.2 Å². The Kier molecular flexibility index (Phi) is 8.95. The summed E-state index contributed by atoms with van der Waals surface area (Å²) in [6.45, 7) is 10.0. The lowest BCUT2D eigenvalue weighted by Crippen LogP contribution is -2.44. The summed E-state index contributed by atoms with van der Waals surface area (Å²) in [5, 5.41) is 0. The van der Waals surface area contributed by atoms with Crippen LogP contribution in [0, 0.1) is 0 Å². The monoisotopic (exact) mass is 495 g/mol. The van der Waals surface area contributed by atoms with Crippen LogP contribution in [0.15, 0.2) is 23.1 Å². The number of ether oxygens (including phenoxy) is 2. The van der Waals surface area contributed by atoms with Crippen LogP contribution in [0.4, 0.5) is 5.69 Å². The summed E-state index contributed by atoms with van der Waals surface area (Å²) >= 11 is 0. The molecule has 3 rings (SSSR count). The van der Waals surface area contributed by atoms with Gasteiger partial charge in [0.2, 0.25) is 10.0 Å². The topological polar surface area (TPSA) is 96.5 Å². The highest BCUT2D eigenvalue weighted by Gasteiger charge is 2.30. The number of benzene rings is 1. The molecule has 0 atom stereocenters. The van der Waals surface area contributed by atoms with E-state index in [1.165, 1.54) is 10.4 Å². The molecule has 10 heteroatoms. The predicted molar refractivity (Wildman–Crippen MR) is 129 cm³/mol. The average molecular weight is 496 g/mol. The first-order valence-electron chi connectivity index (χ1n) is 12.1. The number of piperidine rings is 1. The van der Waals surface area contributed by atoms with Crippen molar-refractivity contribution in [1.82, 2.24) is 9.21 Å². The fourth-order valence-electron chi connectivity index (χ4n) is 4.64. The van der Waals surface area contributed by atoms with Crippen LogP contribution in [0.2, 0.25) is 0 Å². The van der Waals surface area contributed by atoms with E-state index in [-0.39, 0.29) is 41.5 Å². The first-order chi connectivity index (χ1) is 16.1. The van der Waals surface area contributed by atoms with Crippen LogP contribution < -0.4 is 4.90 Å². The molecule has 0 aromatic heterocycles. The maximum Gasteiger partial charge on any atom is 0.340 e. The number of rotatable bonds is 8. The number of morpholine rings is 1. The number of amides is 1. The second kappa shape index (κ2) is 11.5. The summed E-state index contributed by atoms with van der Waals surface area (Å²) in [5.74, 6) is -0.977. The van der Waals surface area contributed by atoms with E-state index >= 15 is 0 Å². The normalized spacial score (nSPS) is 17.8. The second-order valence-electron chi connectivity index (χ2n) is 9.31. The van der Waals surface area contributed by atoms with Crippen molar-refractivity contribution in [3.63, 3.8) is 0 Å². The van der Waals surface area contributed by atoms with Gasteiger partial charge in [0.15, 0.2) is 6.61 Å². The standard InChI is InChI=1S/C24H37N3O6S/c1-18(2)27(19(3)4)23(28)17-33-24(29)21-16-20(34(30,31)26-12-14-32-15-13-26)8-9-22(21)25-10-6-5-7-11-25/h8-9,16,18-19H,5-7,10-15,17H2,1-4H3. The van der Waals surface area contributed by atoms with E-state index in [4.69, 9.17) is 9.47 Å². The molecule has 1 aromatic carbocycles. The molecule has 0 aliphatic carbocycles. The van der Waals surface area contributed by atoms with E-state index in [9.17, 15) is 18.0 Å². The molecular weight excluding hydrogens is 458 g/mol. The van der Waals surface area contributed by atoms with Crippen LogP contribution in [-0.2, 0) is 24.3 Å². The third-order valence-corrected chi connectivity index (χ3v) is 8.11. The molecule has 2 aliphatic rings. The molecule has 0 unspecified atom stereocenters. The Morgan fingerprint density at radius 1 is 1.00 bits per heavy atom. The fourth-order valence-corrected chi connectivity index (χ4v) is 6.07. The third-order valence-electron chi connectivity index (χ3n) is 6.22. The van der Waals surface area contributed by atoms with E-state index in [2.05, 4.69) is 4.90 Å². The van der Waals surface area contributed by atoms with Gasteiger partial charge in [0.05, 0.1) is 29.4 Å². The first-order valence-corrected chi connectivity index (χ1v) is 13.5. The van der Waals surface area contributed by atoms with Crippen LogP contribution in [0.3, 0.4) is 0 Å².